The van der Waals surface area contributed by atoms with Gasteiger partial charge in [-0.15, -0.1) is 0 Å². The molecule has 1 aliphatic rings. The highest BCUT2D eigenvalue weighted by Crippen LogP contribution is 2.24. The topological polar surface area (TPSA) is 86.7 Å². The van der Waals surface area contributed by atoms with Gasteiger partial charge < -0.3 is 15.3 Å². The smallest absolute Gasteiger partial charge is 0.328 e. The molecule has 0 aromatic heterocycles. The molecule has 6 nitrogen and oxygen atoms in total. The Labute approximate surface area is 131 Å². The van der Waals surface area contributed by atoms with Gasteiger partial charge in [0.2, 0.25) is 11.8 Å². The van der Waals surface area contributed by atoms with Crippen LogP contribution in [0.4, 0.5) is 0 Å². The Morgan fingerprint density at radius 1 is 1.36 bits per heavy atom. The van der Waals surface area contributed by atoms with Crippen molar-refractivity contribution in [2.75, 3.05) is 6.54 Å². The van der Waals surface area contributed by atoms with E-state index in [1.54, 1.807) is 11.8 Å². The number of amides is 2. The summed E-state index contributed by atoms with van der Waals surface area (Å²) in [5.74, 6) is -1.27. The molecule has 0 radical (unpaired) electrons. The first-order valence-corrected chi connectivity index (χ1v) is 7.61. The molecule has 2 N–H and O–H groups in total. The maximum Gasteiger partial charge on any atom is 0.328 e. The Bertz CT molecular complexity index is 465. The molecule has 1 heterocycles. The van der Waals surface area contributed by atoms with Gasteiger partial charge in [-0.1, -0.05) is 26.8 Å². The van der Waals surface area contributed by atoms with Gasteiger partial charge in [-0.25, -0.2) is 4.79 Å². The zero-order valence-electron chi connectivity index (χ0n) is 13.8. The van der Waals surface area contributed by atoms with Crippen LogP contribution in [0, 0.1) is 5.41 Å². The average molecular weight is 310 g/mol. The lowest BCUT2D eigenvalue weighted by Crippen LogP contribution is -2.48. The summed E-state index contributed by atoms with van der Waals surface area (Å²) in [4.78, 5) is 36.7. The van der Waals surface area contributed by atoms with Gasteiger partial charge in [-0.2, -0.15) is 0 Å². The molecule has 0 aliphatic carbocycles. The number of likely N-dealkylation sites (tertiary alicyclic amines) is 1. The van der Waals surface area contributed by atoms with E-state index in [0.717, 1.165) is 12.5 Å². The van der Waals surface area contributed by atoms with Crippen molar-refractivity contribution in [3.63, 3.8) is 0 Å². The van der Waals surface area contributed by atoms with Crippen molar-refractivity contribution in [3.8, 4) is 0 Å². The van der Waals surface area contributed by atoms with E-state index in [0.29, 0.717) is 19.4 Å². The van der Waals surface area contributed by atoms with Crippen molar-refractivity contribution in [2.45, 2.75) is 59.0 Å². The average Bonchev–Trinajstić information content (AvgIpc) is 2.83. The predicted molar refractivity (Wildman–Crippen MR) is 83.2 cm³/mol. The van der Waals surface area contributed by atoms with E-state index in [1.165, 1.54) is 6.08 Å². The molecular weight excluding hydrogens is 284 g/mol. The molecule has 0 spiro atoms. The molecule has 22 heavy (non-hydrogen) atoms. The van der Waals surface area contributed by atoms with E-state index in [2.05, 4.69) is 5.32 Å². The molecule has 1 aliphatic heterocycles. The molecule has 1 saturated heterocycles. The molecule has 2 amide bonds. The summed E-state index contributed by atoms with van der Waals surface area (Å²) in [6, 6.07) is -0.834. The number of nitrogens with zero attached hydrogens (tertiary/aromatic N) is 1. The normalized spacial score (nSPS) is 20.2. The Morgan fingerprint density at radius 2 is 2.00 bits per heavy atom. The maximum absolute atomic E-state index is 12.3. The van der Waals surface area contributed by atoms with E-state index in [1.807, 2.05) is 20.8 Å². The molecule has 1 fully saturated rings. The summed E-state index contributed by atoms with van der Waals surface area (Å²) in [6.45, 7) is 8.29. The molecule has 2 atom stereocenters. The van der Waals surface area contributed by atoms with Gasteiger partial charge in [0.05, 0.1) is 0 Å². The van der Waals surface area contributed by atoms with E-state index in [-0.39, 0.29) is 23.3 Å². The van der Waals surface area contributed by atoms with Crippen LogP contribution >= 0.6 is 0 Å². The van der Waals surface area contributed by atoms with Crippen LogP contribution in [-0.2, 0) is 14.4 Å². The predicted octanol–water partition coefficient (Wildman–Crippen LogP) is 1.56. The van der Waals surface area contributed by atoms with Crippen LogP contribution in [0.3, 0.4) is 0 Å². The van der Waals surface area contributed by atoms with Crippen LogP contribution in [0.15, 0.2) is 12.2 Å². The Balaban J connectivity index is 2.64. The maximum atomic E-state index is 12.3. The van der Waals surface area contributed by atoms with Gasteiger partial charge in [0.15, 0.2) is 0 Å². The molecule has 2 unspecified atom stereocenters. The van der Waals surface area contributed by atoms with Gasteiger partial charge in [0, 0.05) is 25.1 Å². The molecule has 0 aromatic carbocycles. The van der Waals surface area contributed by atoms with E-state index in [4.69, 9.17) is 5.11 Å². The Kier molecular flexibility index (Phi) is 6.14. The first-order valence-electron chi connectivity index (χ1n) is 7.61. The number of carboxylic acid groups (broad SMARTS) is 1. The first-order chi connectivity index (χ1) is 10.1. The van der Waals surface area contributed by atoms with Gasteiger partial charge >= 0.3 is 5.97 Å². The minimum atomic E-state index is -1.05. The second-order valence-corrected chi connectivity index (χ2v) is 6.98. The highest BCUT2D eigenvalue weighted by Gasteiger charge is 2.35. The van der Waals surface area contributed by atoms with Crippen molar-refractivity contribution in [2.24, 2.45) is 5.41 Å². The van der Waals surface area contributed by atoms with Crippen molar-refractivity contribution in [3.05, 3.63) is 12.2 Å². The summed E-state index contributed by atoms with van der Waals surface area (Å²) >= 11 is 0. The standard InChI is InChI=1S/C16H26N2O4/c1-11(7-8-14(20)21)17-15(22)12-6-5-9-18(12)13(19)10-16(2,3)4/h7-8,11-12H,5-6,9-10H2,1-4H3,(H,17,22)(H,20,21)/b8-7+. The number of aliphatic carboxylic acids is 1. The fraction of sp³-hybridized carbons (Fsp3) is 0.688. The summed E-state index contributed by atoms with van der Waals surface area (Å²) in [6.07, 6.45) is 4.29. The number of carbonyl (C=O) groups is 3. The lowest BCUT2D eigenvalue weighted by atomic mass is 9.91. The lowest BCUT2D eigenvalue weighted by Gasteiger charge is -2.28. The largest absolute Gasteiger partial charge is 0.478 e. The van der Waals surface area contributed by atoms with Gasteiger partial charge in [0.1, 0.15) is 6.04 Å². The Hall–Kier alpha value is -1.85. The molecular formula is C16H26N2O4. The number of carboxylic acids is 1. The molecule has 6 heteroatoms. The van der Waals surface area contributed by atoms with Crippen molar-refractivity contribution in [1.82, 2.24) is 10.2 Å². The van der Waals surface area contributed by atoms with E-state index < -0.39 is 12.0 Å². The van der Waals surface area contributed by atoms with E-state index >= 15 is 0 Å². The molecule has 1 rings (SSSR count). The van der Waals surface area contributed by atoms with Crippen molar-refractivity contribution < 1.29 is 19.5 Å². The number of carbonyl (C=O) groups excluding carboxylic acids is 2. The number of hydrogen-bond acceptors (Lipinski definition) is 3. The number of hydrogen-bond donors (Lipinski definition) is 2. The third-order valence-electron chi connectivity index (χ3n) is 3.45. The molecule has 0 aromatic rings. The minimum Gasteiger partial charge on any atom is -0.478 e. The second kappa shape index (κ2) is 7.42. The summed E-state index contributed by atoms with van der Waals surface area (Å²) in [7, 11) is 0. The monoisotopic (exact) mass is 310 g/mol. The number of nitrogens with one attached hydrogen (secondary N) is 1. The zero-order valence-corrected chi connectivity index (χ0v) is 13.8. The van der Waals surface area contributed by atoms with Crippen molar-refractivity contribution >= 4 is 17.8 Å². The lowest BCUT2D eigenvalue weighted by molar-refractivity contribution is -0.139. The van der Waals surface area contributed by atoms with Gasteiger partial charge in [-0.05, 0) is 25.2 Å². The Morgan fingerprint density at radius 3 is 2.55 bits per heavy atom. The van der Waals surface area contributed by atoms with Crippen LogP contribution in [0.2, 0.25) is 0 Å². The zero-order chi connectivity index (χ0) is 16.9. The highest BCUT2D eigenvalue weighted by atomic mass is 16.4. The third kappa shape index (κ3) is 5.87. The van der Waals surface area contributed by atoms with Crippen LogP contribution < -0.4 is 5.32 Å². The van der Waals surface area contributed by atoms with E-state index in [9.17, 15) is 14.4 Å². The van der Waals surface area contributed by atoms with Crippen LogP contribution in [0.1, 0.15) is 47.0 Å². The number of rotatable bonds is 5. The SMILES string of the molecule is CC(/C=C/C(=O)O)NC(=O)C1CCCN1C(=O)CC(C)(C)C. The third-order valence-corrected chi connectivity index (χ3v) is 3.45. The first kappa shape index (κ1) is 18.2. The molecule has 0 bridgehead atoms. The van der Waals surface area contributed by atoms with Crippen LogP contribution in [0.5, 0.6) is 0 Å². The molecule has 124 valence electrons. The fourth-order valence-electron chi connectivity index (χ4n) is 2.49. The molecule has 0 saturated carbocycles. The summed E-state index contributed by atoms with van der Waals surface area (Å²) in [5, 5.41) is 11.3. The van der Waals surface area contributed by atoms with Crippen LogP contribution in [-0.4, -0.2) is 46.4 Å². The van der Waals surface area contributed by atoms with Crippen molar-refractivity contribution in [1.29, 1.82) is 0 Å². The quantitative estimate of drug-likeness (QED) is 0.754. The van der Waals surface area contributed by atoms with Crippen LogP contribution in [0.25, 0.3) is 0 Å². The fourth-order valence-corrected chi connectivity index (χ4v) is 2.49. The minimum absolute atomic E-state index is 0.00104. The highest BCUT2D eigenvalue weighted by molar-refractivity contribution is 5.88. The van der Waals surface area contributed by atoms with Gasteiger partial charge in [0.25, 0.3) is 0 Å². The van der Waals surface area contributed by atoms with Gasteiger partial charge in [-0.3, -0.25) is 9.59 Å². The summed E-state index contributed by atoms with van der Waals surface area (Å²) in [5.41, 5.74) is -0.113. The summed E-state index contributed by atoms with van der Waals surface area (Å²) < 4.78 is 0. The second-order valence-electron chi connectivity index (χ2n) is 6.98.